The van der Waals surface area contributed by atoms with Gasteiger partial charge < -0.3 is 10.4 Å². The van der Waals surface area contributed by atoms with Crippen molar-refractivity contribution in [2.75, 3.05) is 10.6 Å². The minimum atomic E-state index is -4.65. The van der Waals surface area contributed by atoms with E-state index in [1.54, 1.807) is 24.4 Å². The highest BCUT2D eigenvalue weighted by Gasteiger charge is 2.33. The van der Waals surface area contributed by atoms with Gasteiger partial charge in [-0.3, -0.25) is 10.1 Å². The number of carbonyl (C=O) groups excluding carboxylic acids is 2. The Balaban J connectivity index is 1.55. The highest BCUT2D eigenvalue weighted by molar-refractivity contribution is 8.01. The van der Waals surface area contributed by atoms with Crippen LogP contribution in [-0.4, -0.2) is 32.9 Å². The number of carbonyl (C=O) groups is 3. The molecule has 8 nitrogen and oxygen atoms in total. The number of carboxylic acids is 1. The fourth-order valence-corrected chi connectivity index (χ4v) is 5.78. The van der Waals surface area contributed by atoms with Crippen molar-refractivity contribution in [3.8, 4) is 0 Å². The summed E-state index contributed by atoms with van der Waals surface area (Å²) in [4.78, 5) is 45.3. The van der Waals surface area contributed by atoms with Gasteiger partial charge in [-0.1, -0.05) is 42.0 Å². The fourth-order valence-electron chi connectivity index (χ4n) is 3.76. The Bertz CT molecular complexity index is 1290. The van der Waals surface area contributed by atoms with E-state index in [1.807, 2.05) is 0 Å². The number of carboxylic acid groups (broad SMARTS) is 1. The highest BCUT2D eigenvalue weighted by atomic mass is 32.2. The lowest BCUT2D eigenvalue weighted by Gasteiger charge is -2.16. The molecule has 2 amide bonds. The number of Topliss-reactive ketones (excluding diaryl/α,β-unsaturated/α-hetero) is 1. The maximum absolute atomic E-state index is 13.3. The SMILES string of the molecule is O=C(Nc1nc(C(=O)O)c(Sc2ccccn2)s1)Nc1ccc(C(F)(F)F)cc1C(=O)C1CCCC1. The molecule has 13 heteroatoms. The van der Waals surface area contributed by atoms with Crippen LogP contribution >= 0.6 is 23.1 Å². The Hall–Kier alpha value is -3.45. The van der Waals surface area contributed by atoms with Crippen molar-refractivity contribution in [2.45, 2.75) is 41.1 Å². The number of hydrogen-bond donors (Lipinski definition) is 3. The number of nitrogens with one attached hydrogen (secondary N) is 2. The van der Waals surface area contributed by atoms with E-state index in [0.29, 0.717) is 17.9 Å². The molecule has 0 atom stereocenters. The van der Waals surface area contributed by atoms with Crippen LogP contribution in [0.5, 0.6) is 0 Å². The summed E-state index contributed by atoms with van der Waals surface area (Å²) in [5, 5.41) is 14.8. The van der Waals surface area contributed by atoms with Gasteiger partial charge in [0.1, 0.15) is 9.24 Å². The molecule has 4 rings (SSSR count). The first kappa shape index (κ1) is 25.6. The van der Waals surface area contributed by atoms with E-state index in [-0.39, 0.29) is 26.3 Å². The predicted octanol–water partition coefficient (Wildman–Crippen LogP) is 6.42. The molecule has 1 saturated carbocycles. The van der Waals surface area contributed by atoms with Crippen LogP contribution in [0, 0.1) is 5.92 Å². The second-order valence-electron chi connectivity index (χ2n) is 7.91. The summed E-state index contributed by atoms with van der Waals surface area (Å²) in [6.07, 6.45) is -0.323. The summed E-state index contributed by atoms with van der Waals surface area (Å²) >= 11 is 1.96. The Labute approximate surface area is 211 Å². The van der Waals surface area contributed by atoms with Crippen molar-refractivity contribution in [1.82, 2.24) is 9.97 Å². The van der Waals surface area contributed by atoms with Crippen LogP contribution in [0.1, 0.15) is 52.1 Å². The van der Waals surface area contributed by atoms with Crippen LogP contribution in [0.4, 0.5) is 28.8 Å². The molecule has 0 bridgehead atoms. The third-order valence-electron chi connectivity index (χ3n) is 5.44. The molecule has 0 unspecified atom stereocenters. The predicted molar refractivity (Wildman–Crippen MR) is 128 cm³/mol. The van der Waals surface area contributed by atoms with Crippen LogP contribution in [0.15, 0.2) is 51.8 Å². The number of alkyl halides is 3. The number of hydrogen-bond acceptors (Lipinski definition) is 7. The molecule has 36 heavy (non-hydrogen) atoms. The second kappa shape index (κ2) is 10.7. The highest BCUT2D eigenvalue weighted by Crippen LogP contribution is 2.37. The van der Waals surface area contributed by atoms with Gasteiger partial charge in [0.05, 0.1) is 11.3 Å². The molecule has 0 aliphatic heterocycles. The van der Waals surface area contributed by atoms with Crippen LogP contribution in [0.3, 0.4) is 0 Å². The van der Waals surface area contributed by atoms with Gasteiger partial charge in [0.25, 0.3) is 0 Å². The average molecular weight is 537 g/mol. The molecular formula is C23H19F3N4O4S2. The van der Waals surface area contributed by atoms with Gasteiger partial charge in [0, 0.05) is 17.7 Å². The molecule has 0 saturated heterocycles. The lowest BCUT2D eigenvalue weighted by Crippen LogP contribution is -2.23. The number of ketones is 1. The van der Waals surface area contributed by atoms with Crippen LogP contribution < -0.4 is 10.6 Å². The van der Waals surface area contributed by atoms with Crippen molar-refractivity contribution in [1.29, 1.82) is 0 Å². The zero-order valence-electron chi connectivity index (χ0n) is 18.5. The number of aromatic nitrogens is 2. The lowest BCUT2D eigenvalue weighted by atomic mass is 9.93. The zero-order valence-corrected chi connectivity index (χ0v) is 20.1. The average Bonchev–Trinajstić information content (AvgIpc) is 3.49. The van der Waals surface area contributed by atoms with Gasteiger partial charge in [-0.05, 0) is 43.2 Å². The summed E-state index contributed by atoms with van der Waals surface area (Å²) in [6.45, 7) is 0. The molecule has 2 heterocycles. The first-order valence-electron chi connectivity index (χ1n) is 10.8. The van der Waals surface area contributed by atoms with Gasteiger partial charge in [-0.2, -0.15) is 13.2 Å². The molecule has 3 aromatic rings. The molecular weight excluding hydrogens is 517 g/mol. The number of urea groups is 1. The van der Waals surface area contributed by atoms with E-state index in [2.05, 4.69) is 20.6 Å². The Morgan fingerprint density at radius 2 is 1.83 bits per heavy atom. The first-order valence-corrected chi connectivity index (χ1v) is 12.4. The number of halogens is 3. The third-order valence-corrected chi connectivity index (χ3v) is 7.54. The summed E-state index contributed by atoms with van der Waals surface area (Å²) < 4.78 is 40.1. The molecule has 1 aliphatic rings. The number of thiazole rings is 1. The van der Waals surface area contributed by atoms with Gasteiger partial charge in [0.15, 0.2) is 16.6 Å². The lowest BCUT2D eigenvalue weighted by molar-refractivity contribution is -0.137. The maximum Gasteiger partial charge on any atom is 0.416 e. The van der Waals surface area contributed by atoms with Crippen LogP contribution in [0.2, 0.25) is 0 Å². The normalized spacial score (nSPS) is 14.0. The summed E-state index contributed by atoms with van der Waals surface area (Å²) in [7, 11) is 0. The monoisotopic (exact) mass is 536 g/mol. The fraction of sp³-hybridized carbons (Fsp3) is 0.261. The topological polar surface area (TPSA) is 121 Å². The van der Waals surface area contributed by atoms with Gasteiger partial charge in [-0.25, -0.2) is 19.6 Å². The van der Waals surface area contributed by atoms with Crippen molar-refractivity contribution in [2.24, 2.45) is 5.92 Å². The minimum absolute atomic E-state index is 0.0427. The number of pyridine rings is 1. The maximum atomic E-state index is 13.3. The smallest absolute Gasteiger partial charge is 0.416 e. The van der Waals surface area contributed by atoms with Crippen LogP contribution in [-0.2, 0) is 6.18 Å². The van der Waals surface area contributed by atoms with Gasteiger partial charge in [-0.15, -0.1) is 0 Å². The van der Waals surface area contributed by atoms with E-state index < -0.39 is 35.4 Å². The molecule has 2 aromatic heterocycles. The molecule has 0 spiro atoms. The molecule has 0 radical (unpaired) electrons. The number of nitrogens with zero attached hydrogens (tertiary/aromatic N) is 2. The molecule has 1 aliphatic carbocycles. The minimum Gasteiger partial charge on any atom is -0.476 e. The Morgan fingerprint density at radius 1 is 1.08 bits per heavy atom. The van der Waals surface area contributed by atoms with Crippen LogP contribution in [0.25, 0.3) is 0 Å². The number of amides is 2. The van der Waals surface area contributed by atoms with E-state index in [9.17, 15) is 32.7 Å². The number of rotatable bonds is 7. The summed E-state index contributed by atoms with van der Waals surface area (Å²) in [6, 6.07) is 6.83. The Kier molecular flexibility index (Phi) is 7.59. The molecule has 1 fully saturated rings. The van der Waals surface area contributed by atoms with E-state index in [1.165, 1.54) is 0 Å². The van der Waals surface area contributed by atoms with E-state index in [0.717, 1.165) is 54.1 Å². The Morgan fingerprint density at radius 3 is 2.47 bits per heavy atom. The van der Waals surface area contributed by atoms with Crippen molar-refractivity contribution in [3.05, 3.63) is 59.4 Å². The first-order chi connectivity index (χ1) is 17.1. The second-order valence-corrected chi connectivity index (χ2v) is 10.2. The largest absolute Gasteiger partial charge is 0.476 e. The quantitative estimate of drug-likeness (QED) is 0.298. The van der Waals surface area contributed by atoms with Gasteiger partial charge in [0.2, 0.25) is 0 Å². The molecule has 3 N–H and O–H groups in total. The van der Waals surface area contributed by atoms with E-state index >= 15 is 0 Å². The van der Waals surface area contributed by atoms with Crippen molar-refractivity contribution in [3.63, 3.8) is 0 Å². The molecule has 1 aromatic carbocycles. The standard InChI is InChI=1S/C23H19F3N4O4S2/c24-23(25,26)13-8-9-15(14(11-13)18(31)12-5-1-2-6-12)28-21(34)30-22-29-17(19(32)33)20(36-22)35-16-7-3-4-10-27-16/h3-4,7-12H,1-2,5-6H2,(H,32,33)(H2,28,29,30,34). The van der Waals surface area contributed by atoms with Gasteiger partial charge >= 0.3 is 18.2 Å². The number of aromatic carboxylic acids is 1. The number of anilines is 2. The zero-order chi connectivity index (χ0) is 25.9. The van der Waals surface area contributed by atoms with Crippen molar-refractivity contribution < 1.29 is 32.7 Å². The third kappa shape index (κ3) is 6.02. The molecule has 188 valence electrons. The van der Waals surface area contributed by atoms with E-state index in [4.69, 9.17) is 0 Å². The summed E-state index contributed by atoms with van der Waals surface area (Å²) in [5.74, 6) is -2.16. The number of benzene rings is 1. The summed E-state index contributed by atoms with van der Waals surface area (Å²) in [5.41, 5.74) is -1.56. The van der Waals surface area contributed by atoms with Crippen molar-refractivity contribution >= 4 is 51.7 Å².